The third-order valence-electron chi connectivity index (χ3n) is 12.0. The van der Waals surface area contributed by atoms with Crippen molar-refractivity contribution in [2.24, 2.45) is 0 Å². The summed E-state index contributed by atoms with van der Waals surface area (Å²) in [5.74, 6) is 1.61. The second-order valence-corrected chi connectivity index (χ2v) is 16.3. The van der Waals surface area contributed by atoms with Gasteiger partial charge in [0.1, 0.15) is 16.2 Å². The number of hydrogen-bond donors (Lipinski definition) is 0. The molecule has 9 rings (SSSR count). The third kappa shape index (κ3) is 6.73. The van der Waals surface area contributed by atoms with Crippen LogP contribution in [0.15, 0.2) is 170 Å². The quantitative estimate of drug-likeness (QED) is 0.122. The maximum absolute atomic E-state index is 14.4. The third-order valence-corrected chi connectivity index (χ3v) is 13.3. The predicted molar refractivity (Wildman–Crippen MR) is 248 cm³/mol. The molecule has 5 heteroatoms. The molecular weight excluding hydrogens is 741 g/mol. The molecule has 0 saturated carbocycles. The Bertz CT molecular complexity index is 2560. The van der Waals surface area contributed by atoms with Crippen molar-refractivity contribution in [3.63, 3.8) is 0 Å². The van der Waals surface area contributed by atoms with Crippen LogP contribution in [0.4, 0.5) is 11.4 Å². The number of anilines is 2. The van der Waals surface area contributed by atoms with Crippen molar-refractivity contribution in [2.45, 2.75) is 32.4 Å². The number of ether oxygens (including phenoxy) is 1. The summed E-state index contributed by atoms with van der Waals surface area (Å²) in [5.41, 5.74) is 15.0. The van der Waals surface area contributed by atoms with E-state index in [-0.39, 0.29) is 5.12 Å². The van der Waals surface area contributed by atoms with Crippen LogP contribution in [0, 0.1) is 0 Å². The van der Waals surface area contributed by atoms with Gasteiger partial charge in [0.15, 0.2) is 0 Å². The first-order valence-corrected chi connectivity index (χ1v) is 21.6. The van der Waals surface area contributed by atoms with E-state index in [1.165, 1.54) is 22.9 Å². The Kier molecular flexibility index (Phi) is 10.5. The van der Waals surface area contributed by atoms with E-state index in [0.29, 0.717) is 0 Å². The molecule has 0 aromatic heterocycles. The van der Waals surface area contributed by atoms with E-state index >= 15 is 0 Å². The molecule has 292 valence electrons. The summed E-state index contributed by atoms with van der Waals surface area (Å²) in [5, 5.41) is 0.0718. The van der Waals surface area contributed by atoms with E-state index in [2.05, 4.69) is 207 Å². The van der Waals surface area contributed by atoms with Gasteiger partial charge in [-0.3, -0.25) is 4.79 Å². The fraction of sp³-hybridized carbons (Fsp3) is 0.167. The average molecular weight is 789 g/mol. The SMILES string of the molecule is CCN(CC)c1ccc2c(c1)Oc1cc(N(CC)CC)ccc1C21SC(=O)c2cc(-c3ccc(C(=C(c4ccccc4)c4ccccc4)c4ccccc4)cc3)ccc21. The largest absolute Gasteiger partial charge is 0.456 e. The second kappa shape index (κ2) is 16.2. The zero-order valence-electron chi connectivity index (χ0n) is 34.1. The summed E-state index contributed by atoms with van der Waals surface area (Å²) in [6.45, 7) is 12.3. The molecule has 0 saturated heterocycles. The highest BCUT2D eigenvalue weighted by Crippen LogP contribution is 2.63. The minimum absolute atomic E-state index is 0.0718. The van der Waals surface area contributed by atoms with E-state index in [0.717, 1.165) is 105 Å². The van der Waals surface area contributed by atoms with Crippen molar-refractivity contribution < 1.29 is 9.53 Å². The number of fused-ring (bicyclic) bond motifs is 6. The predicted octanol–water partition coefficient (Wildman–Crippen LogP) is 13.3. The average Bonchev–Trinajstić information content (AvgIpc) is 3.58. The molecule has 7 aromatic rings. The molecule has 1 spiro atoms. The maximum atomic E-state index is 14.4. The van der Waals surface area contributed by atoms with Crippen molar-refractivity contribution in [1.29, 1.82) is 0 Å². The van der Waals surface area contributed by atoms with Crippen LogP contribution in [0.25, 0.3) is 22.3 Å². The van der Waals surface area contributed by atoms with Gasteiger partial charge in [0.05, 0.1) is 0 Å². The van der Waals surface area contributed by atoms with E-state index < -0.39 is 4.75 Å². The molecule has 0 N–H and O–H groups in total. The molecule has 0 amide bonds. The van der Waals surface area contributed by atoms with E-state index in [4.69, 9.17) is 4.74 Å². The highest BCUT2D eigenvalue weighted by atomic mass is 32.2. The summed E-state index contributed by atoms with van der Waals surface area (Å²) in [4.78, 5) is 19.1. The van der Waals surface area contributed by atoms with Crippen molar-refractivity contribution >= 4 is 39.4 Å². The van der Waals surface area contributed by atoms with Crippen molar-refractivity contribution in [1.82, 2.24) is 0 Å². The summed E-state index contributed by atoms with van der Waals surface area (Å²) in [6.07, 6.45) is 0. The first-order valence-electron chi connectivity index (χ1n) is 20.8. The molecule has 7 aromatic carbocycles. The number of hydrogen-bond acceptors (Lipinski definition) is 5. The molecule has 2 aliphatic heterocycles. The molecule has 2 aliphatic rings. The Morgan fingerprint density at radius 3 is 1.32 bits per heavy atom. The zero-order valence-corrected chi connectivity index (χ0v) is 34.9. The van der Waals surface area contributed by atoms with Gasteiger partial charge in [-0.2, -0.15) is 0 Å². The Hall–Kier alpha value is -6.30. The summed E-state index contributed by atoms with van der Waals surface area (Å²) in [7, 11) is 0. The van der Waals surface area contributed by atoms with Crippen LogP contribution < -0.4 is 14.5 Å². The van der Waals surface area contributed by atoms with Crippen molar-refractivity contribution in [3.05, 3.63) is 214 Å². The Morgan fingerprint density at radius 2 is 0.881 bits per heavy atom. The number of carbonyl (C=O) groups is 1. The lowest BCUT2D eigenvalue weighted by molar-refractivity contribution is 0.109. The van der Waals surface area contributed by atoms with Crippen LogP contribution >= 0.6 is 11.8 Å². The molecule has 0 unspecified atom stereocenters. The number of carbonyl (C=O) groups excluding carboxylic acids is 1. The Balaban J connectivity index is 1.16. The second-order valence-electron chi connectivity index (χ2n) is 15.1. The lowest BCUT2D eigenvalue weighted by Gasteiger charge is -2.38. The lowest BCUT2D eigenvalue weighted by Crippen LogP contribution is -2.29. The smallest absolute Gasteiger partial charge is 0.221 e. The van der Waals surface area contributed by atoms with Crippen LogP contribution in [0.2, 0.25) is 0 Å². The maximum Gasteiger partial charge on any atom is 0.221 e. The number of rotatable bonds is 11. The van der Waals surface area contributed by atoms with Gasteiger partial charge in [-0.15, -0.1) is 0 Å². The normalized spacial score (nSPS) is 13.3. The monoisotopic (exact) mass is 788 g/mol. The van der Waals surface area contributed by atoms with Gasteiger partial charge in [-0.1, -0.05) is 151 Å². The molecular formula is C54H48N2O2S. The lowest BCUT2D eigenvalue weighted by atomic mass is 9.79. The molecule has 0 aliphatic carbocycles. The summed E-state index contributed by atoms with van der Waals surface area (Å²) in [6, 6.07) is 60.3. The van der Waals surface area contributed by atoms with Gasteiger partial charge >= 0.3 is 0 Å². The van der Waals surface area contributed by atoms with Gasteiger partial charge in [0, 0.05) is 66.4 Å². The van der Waals surface area contributed by atoms with Gasteiger partial charge in [-0.25, -0.2) is 0 Å². The first-order chi connectivity index (χ1) is 29.0. The standard InChI is InChI=1S/C54H48N2O2S/c1-5-55(6-2)43-29-32-47-49(35-43)58-50-36-44(56(7-3)8-4)30-33-48(50)54(47)46-31-28-42(34-45(46)53(57)59-54)37-24-26-41(27-25-37)52(40-22-16-11-17-23-40)51(38-18-12-9-13-19-38)39-20-14-10-15-21-39/h9-36H,5-8H2,1-4H3. The minimum Gasteiger partial charge on any atom is -0.456 e. The van der Waals surface area contributed by atoms with Crippen LogP contribution in [0.5, 0.6) is 11.5 Å². The zero-order chi connectivity index (χ0) is 40.5. The fourth-order valence-corrected chi connectivity index (χ4v) is 10.4. The summed E-state index contributed by atoms with van der Waals surface area (Å²) < 4.78 is 6.09. The number of nitrogens with zero attached hydrogens (tertiary/aromatic N) is 2. The molecule has 0 radical (unpaired) electrons. The highest BCUT2D eigenvalue weighted by Gasteiger charge is 2.52. The molecule has 0 atom stereocenters. The Morgan fingerprint density at radius 1 is 0.475 bits per heavy atom. The molecule has 0 bridgehead atoms. The van der Waals surface area contributed by atoms with E-state index in [1.807, 2.05) is 0 Å². The number of thioether (sulfide) groups is 1. The molecule has 0 fully saturated rings. The van der Waals surface area contributed by atoms with E-state index in [9.17, 15) is 4.79 Å². The van der Waals surface area contributed by atoms with Crippen LogP contribution in [-0.2, 0) is 4.75 Å². The molecule has 2 heterocycles. The van der Waals surface area contributed by atoms with Crippen molar-refractivity contribution in [3.8, 4) is 22.6 Å². The topological polar surface area (TPSA) is 32.8 Å². The van der Waals surface area contributed by atoms with Crippen LogP contribution in [-0.4, -0.2) is 31.3 Å². The van der Waals surface area contributed by atoms with Gasteiger partial charge in [0.25, 0.3) is 0 Å². The van der Waals surface area contributed by atoms with Crippen LogP contribution in [0.1, 0.15) is 77.0 Å². The number of benzene rings is 7. The van der Waals surface area contributed by atoms with Crippen molar-refractivity contribution in [2.75, 3.05) is 36.0 Å². The highest BCUT2D eigenvalue weighted by molar-refractivity contribution is 8.15. The van der Waals surface area contributed by atoms with Gasteiger partial charge < -0.3 is 14.5 Å². The molecule has 59 heavy (non-hydrogen) atoms. The molecule has 4 nitrogen and oxygen atoms in total. The minimum atomic E-state index is -0.734. The van der Waals surface area contributed by atoms with Crippen LogP contribution in [0.3, 0.4) is 0 Å². The van der Waals surface area contributed by atoms with Gasteiger partial charge in [0.2, 0.25) is 5.12 Å². The fourth-order valence-electron chi connectivity index (χ4n) is 9.01. The first kappa shape index (κ1) is 38.2. The summed E-state index contributed by atoms with van der Waals surface area (Å²) >= 11 is 1.41. The van der Waals surface area contributed by atoms with E-state index in [1.54, 1.807) is 0 Å². The Labute approximate surface area is 352 Å². The van der Waals surface area contributed by atoms with Gasteiger partial charge in [-0.05, 0) is 96.0 Å².